The van der Waals surface area contributed by atoms with Crippen molar-refractivity contribution < 1.29 is 43.0 Å². The highest BCUT2D eigenvalue weighted by molar-refractivity contribution is 5.98. The number of hydrogen-bond donors (Lipinski definition) is 2. The molecule has 3 aromatic rings. The van der Waals surface area contributed by atoms with Gasteiger partial charge in [0, 0.05) is 96.4 Å². The minimum absolute atomic E-state index is 0.117. The molecular weight excluding hydrogens is 785 g/mol. The number of hydrogen-bond acceptors (Lipinski definition) is 14. The molecule has 5 rings (SSSR count). The van der Waals surface area contributed by atoms with Gasteiger partial charge in [-0.3, -0.25) is 9.80 Å². The first-order chi connectivity index (χ1) is 28.9. The lowest BCUT2D eigenvalue weighted by atomic mass is 10.0. The number of carbonyl (C=O) groups is 2. The van der Waals surface area contributed by atoms with Crippen molar-refractivity contribution in [3.63, 3.8) is 0 Å². The molecule has 61 heavy (non-hydrogen) atoms. The molecule has 0 radical (unpaired) electrons. The van der Waals surface area contributed by atoms with Gasteiger partial charge >= 0.3 is 12.2 Å². The summed E-state index contributed by atoms with van der Waals surface area (Å²) >= 11 is 0. The highest BCUT2D eigenvalue weighted by Gasteiger charge is 2.28. The van der Waals surface area contributed by atoms with Gasteiger partial charge in [-0.15, -0.1) is 0 Å². The van der Waals surface area contributed by atoms with Crippen LogP contribution in [0, 0.1) is 13.8 Å². The first kappa shape index (κ1) is 50.5. The van der Waals surface area contributed by atoms with Crippen LogP contribution in [0.5, 0.6) is 0 Å². The number of nitrogens with two attached hydrogens (primary N) is 1. The molecule has 17 heteroatoms. The third-order valence-electron chi connectivity index (χ3n) is 9.26. The molecule has 17 nitrogen and oxygen atoms in total. The fourth-order valence-corrected chi connectivity index (χ4v) is 6.31. The molecule has 0 atom stereocenters. The zero-order valence-electron chi connectivity index (χ0n) is 38.2. The minimum atomic E-state index is -0.480. The number of benzene rings is 2. The van der Waals surface area contributed by atoms with Gasteiger partial charge < -0.3 is 48.9 Å². The smallest absolute Gasteiger partial charge is 0.410 e. The number of rotatable bonds is 12. The Morgan fingerprint density at radius 1 is 0.738 bits per heavy atom. The third kappa shape index (κ3) is 18.0. The van der Waals surface area contributed by atoms with E-state index in [0.29, 0.717) is 58.4 Å². The highest BCUT2D eigenvalue weighted by Crippen LogP contribution is 2.24. The van der Waals surface area contributed by atoms with E-state index in [4.69, 9.17) is 39.1 Å². The maximum Gasteiger partial charge on any atom is 0.410 e. The lowest BCUT2D eigenvalue weighted by Crippen LogP contribution is -2.49. The van der Waals surface area contributed by atoms with Crippen molar-refractivity contribution in [1.82, 2.24) is 29.7 Å². The minimum Gasteiger partial charge on any atom is -0.444 e. The van der Waals surface area contributed by atoms with E-state index in [2.05, 4.69) is 43.3 Å². The molecule has 0 spiro atoms. The summed E-state index contributed by atoms with van der Waals surface area (Å²) in [5.74, 6) is 0.724. The Kier molecular flexibility index (Phi) is 20.4. The zero-order valence-corrected chi connectivity index (χ0v) is 38.2. The Labute approximate surface area is 362 Å². The van der Waals surface area contributed by atoms with Gasteiger partial charge in [0.2, 0.25) is 12.2 Å². The van der Waals surface area contributed by atoms with Crippen LogP contribution in [0.25, 0.3) is 11.4 Å². The van der Waals surface area contributed by atoms with Crippen LogP contribution in [0.3, 0.4) is 0 Å². The molecule has 3 heterocycles. The van der Waals surface area contributed by atoms with Crippen LogP contribution in [0.2, 0.25) is 0 Å². The van der Waals surface area contributed by atoms with E-state index in [1.54, 1.807) is 9.80 Å². The average molecular weight is 855 g/mol. The first-order valence-electron chi connectivity index (χ1n) is 21.0. The molecule has 0 unspecified atom stereocenters. The van der Waals surface area contributed by atoms with Crippen LogP contribution in [-0.4, -0.2) is 143 Å². The molecule has 0 saturated carbocycles. The van der Waals surface area contributed by atoms with Crippen molar-refractivity contribution in [2.24, 2.45) is 10.9 Å². The van der Waals surface area contributed by atoms with Crippen molar-refractivity contribution in [3.8, 4) is 11.4 Å². The Bertz CT molecular complexity index is 1780. The summed E-state index contributed by atoms with van der Waals surface area (Å²) in [4.78, 5) is 36.6. The topological polar surface area (TPSA) is 191 Å². The Balaban J connectivity index is 0.000000268. The summed E-state index contributed by atoms with van der Waals surface area (Å²) in [5.41, 5.74) is 11.0. The van der Waals surface area contributed by atoms with Gasteiger partial charge in [0.1, 0.15) is 11.2 Å². The lowest BCUT2D eigenvalue weighted by Gasteiger charge is -2.35. The third-order valence-corrected chi connectivity index (χ3v) is 9.26. The number of amidine groups is 1. The van der Waals surface area contributed by atoms with Crippen molar-refractivity contribution in [2.75, 3.05) is 72.2 Å². The zero-order chi connectivity index (χ0) is 45.2. The van der Waals surface area contributed by atoms with Crippen LogP contribution in [0.1, 0.15) is 90.1 Å². The molecule has 3 N–H and O–H groups in total. The number of aryl methyl sites for hydroxylation is 2. The number of nitrogens with zero attached hydrogens (tertiary/aromatic N) is 7. The van der Waals surface area contributed by atoms with Crippen molar-refractivity contribution in [2.45, 2.75) is 107 Å². The van der Waals surface area contributed by atoms with Crippen LogP contribution in [0.4, 0.5) is 9.59 Å². The first-order valence-corrected chi connectivity index (χ1v) is 21.0. The van der Waals surface area contributed by atoms with Crippen molar-refractivity contribution >= 4 is 18.0 Å². The molecule has 1 aromatic heterocycles. The van der Waals surface area contributed by atoms with Gasteiger partial charge in [-0.25, -0.2) is 9.59 Å². The van der Waals surface area contributed by atoms with Gasteiger partial charge in [-0.1, -0.05) is 45.7 Å². The summed E-state index contributed by atoms with van der Waals surface area (Å²) in [6.07, 6.45) is 0.848. The summed E-state index contributed by atoms with van der Waals surface area (Å²) in [6, 6.07) is 12.2. The van der Waals surface area contributed by atoms with Gasteiger partial charge in [0.25, 0.3) is 6.48 Å². The Hall–Kier alpha value is -4.81. The monoisotopic (exact) mass is 855 g/mol. The van der Waals surface area contributed by atoms with Crippen LogP contribution in [0.15, 0.2) is 52.5 Å². The SMILES string of the molecule is CCOC(OCC)OCC.Cc1ccc(CN2CCN(C(=O)OC(C)(C)C)CC2)c(-c2ncon2)c1.Cc1ccc(CN2CCN(C(=O)OC(C)(C)C)CC2)c(/C(N)=N/O)c1. The van der Waals surface area contributed by atoms with E-state index >= 15 is 0 Å². The molecule has 2 saturated heterocycles. The van der Waals surface area contributed by atoms with Gasteiger partial charge in [0.15, 0.2) is 5.84 Å². The summed E-state index contributed by atoms with van der Waals surface area (Å²) in [6.45, 7) is 29.5. The van der Waals surface area contributed by atoms with Gasteiger partial charge in [0.05, 0.1) is 0 Å². The van der Waals surface area contributed by atoms with Crippen molar-refractivity contribution in [3.05, 3.63) is 70.6 Å². The fraction of sp³-hybridized carbons (Fsp3) is 0.614. The van der Waals surface area contributed by atoms with Crippen LogP contribution in [-0.2, 0) is 36.8 Å². The Morgan fingerprint density at radius 2 is 1.18 bits per heavy atom. The average Bonchev–Trinajstić information content (AvgIpc) is 3.74. The maximum absolute atomic E-state index is 12.2. The second-order valence-corrected chi connectivity index (χ2v) is 16.7. The molecule has 2 fully saturated rings. The van der Waals surface area contributed by atoms with Gasteiger partial charge in [-0.05, 0) is 99.4 Å². The van der Waals surface area contributed by atoms with E-state index in [1.807, 2.05) is 94.4 Å². The lowest BCUT2D eigenvalue weighted by molar-refractivity contribution is -0.282. The number of amides is 2. The van der Waals surface area contributed by atoms with Crippen LogP contribution < -0.4 is 5.73 Å². The predicted octanol–water partition coefficient (Wildman–Crippen LogP) is 6.62. The van der Waals surface area contributed by atoms with E-state index in [0.717, 1.165) is 66.1 Å². The molecule has 2 amide bonds. The fourth-order valence-electron chi connectivity index (χ4n) is 6.31. The number of piperazine rings is 2. The number of ether oxygens (including phenoxy) is 5. The summed E-state index contributed by atoms with van der Waals surface area (Å²) in [5, 5.41) is 16.1. The maximum atomic E-state index is 12.2. The summed E-state index contributed by atoms with van der Waals surface area (Å²) < 4.78 is 31.0. The largest absolute Gasteiger partial charge is 0.444 e. The van der Waals surface area contributed by atoms with E-state index in [9.17, 15) is 9.59 Å². The molecule has 2 aliphatic heterocycles. The standard InChI is InChI=1S/C19H26N4O3.C18H28N4O3.C7H16O3/c1-14-5-6-15(16(11-14)17-20-13-25-21-17)12-22-7-9-23(10-8-22)18(24)26-19(2,3)4;1-13-5-6-14(15(11-13)16(19)20-24)12-21-7-9-22(10-8-21)17(23)25-18(2,3)4;1-4-8-7(9-5-2)10-6-3/h5-6,11,13H,7-10,12H2,1-4H3;5-6,11,24H,7-10,12H2,1-4H3,(H2,19,20);7H,4-6H2,1-3H3. The van der Waals surface area contributed by atoms with E-state index in [-0.39, 0.29) is 18.0 Å². The van der Waals surface area contributed by atoms with E-state index < -0.39 is 17.7 Å². The number of carbonyl (C=O) groups excluding carboxylic acids is 2. The molecule has 340 valence electrons. The molecule has 2 aliphatic rings. The van der Waals surface area contributed by atoms with E-state index in [1.165, 1.54) is 6.39 Å². The second kappa shape index (κ2) is 24.6. The van der Waals surface area contributed by atoms with Crippen LogP contribution >= 0.6 is 0 Å². The summed E-state index contributed by atoms with van der Waals surface area (Å²) in [7, 11) is 0. The highest BCUT2D eigenvalue weighted by atomic mass is 16.8. The molecule has 0 bridgehead atoms. The quantitative estimate of drug-likeness (QED) is 0.0650. The molecular formula is C44H70N8O9. The van der Waals surface area contributed by atoms with Crippen molar-refractivity contribution in [1.29, 1.82) is 0 Å². The normalized spacial score (nSPS) is 15.4. The number of oxime groups is 1. The van der Waals surface area contributed by atoms with Gasteiger partial charge in [-0.2, -0.15) is 4.98 Å². The second-order valence-electron chi connectivity index (χ2n) is 16.7. The number of aromatic nitrogens is 2. The predicted molar refractivity (Wildman–Crippen MR) is 233 cm³/mol. The molecule has 0 aliphatic carbocycles. The Morgan fingerprint density at radius 3 is 1.59 bits per heavy atom. The molecule has 2 aromatic carbocycles.